The van der Waals surface area contributed by atoms with Gasteiger partial charge in [-0.3, -0.25) is 14.5 Å². The van der Waals surface area contributed by atoms with Gasteiger partial charge in [-0.15, -0.1) is 0 Å². The lowest BCUT2D eigenvalue weighted by molar-refractivity contribution is -0.137. The maximum absolute atomic E-state index is 13.5. The average Bonchev–Trinajstić information content (AvgIpc) is 3.03. The highest BCUT2D eigenvalue weighted by Gasteiger charge is 2.39. The summed E-state index contributed by atoms with van der Waals surface area (Å²) in [5, 5.41) is 4.09. The Bertz CT molecular complexity index is 1310. The van der Waals surface area contributed by atoms with Crippen LogP contribution in [-0.4, -0.2) is 40.3 Å². The zero-order valence-electron chi connectivity index (χ0n) is 19.9. The molecule has 0 atom stereocenters. The Hall–Kier alpha value is -3.36. The first-order chi connectivity index (χ1) is 16.8. The van der Waals surface area contributed by atoms with Crippen LogP contribution < -0.4 is 10.1 Å². The van der Waals surface area contributed by atoms with Crippen LogP contribution in [0, 0.1) is 20.8 Å². The number of halogens is 1. The highest BCUT2D eigenvalue weighted by Crippen LogP contribution is 2.37. The third-order valence-corrected chi connectivity index (χ3v) is 6.84. The predicted octanol–water partition coefficient (Wildman–Crippen LogP) is 5.09. The van der Waals surface area contributed by atoms with E-state index in [0.717, 1.165) is 34.3 Å². The number of hydrogen-bond donors (Lipinski definition) is 1. The molecule has 4 rings (SSSR count). The zero-order valence-corrected chi connectivity index (χ0v) is 21.5. The van der Waals surface area contributed by atoms with Gasteiger partial charge in [-0.1, -0.05) is 41.9 Å². The second-order valence-electron chi connectivity index (χ2n) is 8.16. The SMILES string of the molecule is COc1cc(Cl)c(C)cc1NC1=C(Sc2nc(C)cc(C)n2)C(=O)N(CCc2ccccc2)C1=O. The molecule has 0 radical (unpaired) electrons. The molecule has 0 unspecified atom stereocenters. The number of thioether (sulfide) groups is 1. The fourth-order valence-electron chi connectivity index (χ4n) is 3.74. The summed E-state index contributed by atoms with van der Waals surface area (Å²) in [5.41, 5.74) is 4.10. The minimum absolute atomic E-state index is 0.163. The van der Waals surface area contributed by atoms with Crippen LogP contribution in [0.1, 0.15) is 22.5 Å². The molecule has 0 bridgehead atoms. The van der Waals surface area contributed by atoms with E-state index >= 15 is 0 Å². The topological polar surface area (TPSA) is 84.4 Å². The van der Waals surface area contributed by atoms with E-state index in [-0.39, 0.29) is 23.1 Å². The standard InChI is InChI=1S/C26H25ClN4O3S/c1-15-12-20(21(34-4)14-19(15)27)30-22-23(35-26-28-16(2)13-17(3)29-26)25(33)31(24(22)32)11-10-18-8-6-5-7-9-18/h5-9,12-14,30H,10-11H2,1-4H3. The van der Waals surface area contributed by atoms with Gasteiger partial charge >= 0.3 is 0 Å². The third kappa shape index (κ3) is 5.49. The predicted molar refractivity (Wildman–Crippen MR) is 138 cm³/mol. The molecule has 0 fully saturated rings. The van der Waals surface area contributed by atoms with Crippen molar-refractivity contribution in [3.63, 3.8) is 0 Å². The van der Waals surface area contributed by atoms with Crippen LogP contribution in [0.25, 0.3) is 0 Å². The molecule has 2 amide bonds. The Morgan fingerprint density at radius 3 is 2.34 bits per heavy atom. The normalized spacial score (nSPS) is 13.6. The van der Waals surface area contributed by atoms with Crippen molar-refractivity contribution in [2.75, 3.05) is 19.0 Å². The van der Waals surface area contributed by atoms with E-state index in [4.69, 9.17) is 16.3 Å². The number of anilines is 1. The second-order valence-corrected chi connectivity index (χ2v) is 9.55. The van der Waals surface area contributed by atoms with E-state index in [1.807, 2.05) is 57.2 Å². The summed E-state index contributed by atoms with van der Waals surface area (Å²) in [6, 6.07) is 15.0. The van der Waals surface area contributed by atoms with E-state index in [0.29, 0.717) is 28.0 Å². The van der Waals surface area contributed by atoms with Crippen molar-refractivity contribution in [3.05, 3.63) is 86.7 Å². The lowest BCUT2D eigenvalue weighted by atomic mass is 10.1. The number of imide groups is 1. The molecule has 0 saturated heterocycles. The molecule has 1 aromatic heterocycles. The molecule has 1 aliphatic rings. The molecule has 2 heterocycles. The number of ether oxygens (including phenoxy) is 1. The van der Waals surface area contributed by atoms with Crippen LogP contribution in [0.4, 0.5) is 5.69 Å². The molecule has 0 saturated carbocycles. The Morgan fingerprint density at radius 1 is 1.00 bits per heavy atom. The van der Waals surface area contributed by atoms with Gasteiger partial charge in [0.2, 0.25) is 0 Å². The number of carbonyl (C=O) groups excluding carboxylic acids is 2. The van der Waals surface area contributed by atoms with Gasteiger partial charge in [0.05, 0.1) is 12.8 Å². The Labute approximate surface area is 213 Å². The van der Waals surface area contributed by atoms with E-state index in [9.17, 15) is 9.59 Å². The number of benzene rings is 2. The molecule has 1 N–H and O–H groups in total. The van der Waals surface area contributed by atoms with Crippen molar-refractivity contribution >= 4 is 40.9 Å². The summed E-state index contributed by atoms with van der Waals surface area (Å²) in [6.45, 7) is 5.83. The van der Waals surface area contributed by atoms with Gasteiger partial charge in [0.25, 0.3) is 11.8 Å². The fourth-order valence-corrected chi connectivity index (χ4v) is 4.90. The van der Waals surface area contributed by atoms with Crippen molar-refractivity contribution < 1.29 is 14.3 Å². The number of hydrogen-bond acceptors (Lipinski definition) is 7. The smallest absolute Gasteiger partial charge is 0.278 e. The summed E-state index contributed by atoms with van der Waals surface area (Å²) in [5.74, 6) is -0.332. The Balaban J connectivity index is 1.70. The van der Waals surface area contributed by atoms with Crippen LogP contribution >= 0.6 is 23.4 Å². The molecule has 180 valence electrons. The van der Waals surface area contributed by atoms with Crippen LogP contribution in [0.5, 0.6) is 5.75 Å². The third-order valence-electron chi connectivity index (χ3n) is 5.49. The summed E-state index contributed by atoms with van der Waals surface area (Å²) in [6.07, 6.45) is 0.549. The first-order valence-electron chi connectivity index (χ1n) is 11.0. The van der Waals surface area contributed by atoms with E-state index in [2.05, 4.69) is 15.3 Å². The van der Waals surface area contributed by atoms with E-state index in [1.165, 1.54) is 12.0 Å². The first kappa shape index (κ1) is 24.8. The largest absolute Gasteiger partial charge is 0.495 e. The van der Waals surface area contributed by atoms with Gasteiger partial charge in [-0.2, -0.15) is 0 Å². The van der Waals surface area contributed by atoms with Crippen LogP contribution in [0.15, 0.2) is 64.3 Å². The number of nitrogens with zero attached hydrogens (tertiary/aromatic N) is 3. The van der Waals surface area contributed by atoms with Crippen molar-refractivity contribution in [3.8, 4) is 5.75 Å². The average molecular weight is 509 g/mol. The number of aromatic nitrogens is 2. The summed E-state index contributed by atoms with van der Waals surface area (Å²) >= 11 is 7.33. The molecule has 1 aliphatic heterocycles. The van der Waals surface area contributed by atoms with Gasteiger partial charge < -0.3 is 10.1 Å². The molecule has 3 aromatic rings. The van der Waals surface area contributed by atoms with Gasteiger partial charge in [-0.05, 0) is 62.2 Å². The molecule has 9 heteroatoms. The highest BCUT2D eigenvalue weighted by molar-refractivity contribution is 8.04. The zero-order chi connectivity index (χ0) is 25.1. The quantitative estimate of drug-likeness (QED) is 0.335. The van der Waals surface area contributed by atoms with Crippen molar-refractivity contribution in [2.45, 2.75) is 32.3 Å². The molecule has 7 nitrogen and oxygen atoms in total. The van der Waals surface area contributed by atoms with Crippen molar-refractivity contribution in [2.24, 2.45) is 0 Å². The lowest BCUT2D eigenvalue weighted by Crippen LogP contribution is -2.34. The molecule has 0 spiro atoms. The Kier molecular flexibility index (Phi) is 7.42. The monoisotopic (exact) mass is 508 g/mol. The molecular formula is C26H25ClN4O3S. The maximum atomic E-state index is 13.5. The van der Waals surface area contributed by atoms with Crippen LogP contribution in [-0.2, 0) is 16.0 Å². The first-order valence-corrected chi connectivity index (χ1v) is 12.2. The van der Waals surface area contributed by atoms with Gasteiger partial charge in [-0.25, -0.2) is 9.97 Å². The number of carbonyl (C=O) groups is 2. The second kappa shape index (κ2) is 10.5. The number of amides is 2. The number of nitrogens with one attached hydrogen (secondary N) is 1. The van der Waals surface area contributed by atoms with Gasteiger partial charge in [0, 0.05) is 29.0 Å². The summed E-state index contributed by atoms with van der Waals surface area (Å²) < 4.78 is 5.46. The van der Waals surface area contributed by atoms with Crippen LogP contribution in [0.3, 0.4) is 0 Å². The summed E-state index contributed by atoms with van der Waals surface area (Å²) in [7, 11) is 1.52. The molecule has 35 heavy (non-hydrogen) atoms. The minimum Gasteiger partial charge on any atom is -0.495 e. The number of rotatable bonds is 8. The fraction of sp³-hybridized carbons (Fsp3) is 0.231. The lowest BCUT2D eigenvalue weighted by Gasteiger charge is -2.16. The van der Waals surface area contributed by atoms with Crippen molar-refractivity contribution in [1.82, 2.24) is 14.9 Å². The van der Waals surface area contributed by atoms with Crippen molar-refractivity contribution in [1.29, 1.82) is 0 Å². The molecule has 0 aliphatic carbocycles. The molecule has 2 aromatic carbocycles. The van der Waals surface area contributed by atoms with Crippen LogP contribution in [0.2, 0.25) is 5.02 Å². The van der Waals surface area contributed by atoms with Gasteiger partial charge in [0.15, 0.2) is 5.16 Å². The minimum atomic E-state index is -0.410. The maximum Gasteiger partial charge on any atom is 0.278 e. The highest BCUT2D eigenvalue weighted by atomic mass is 35.5. The summed E-state index contributed by atoms with van der Waals surface area (Å²) in [4.78, 5) is 37.3. The van der Waals surface area contributed by atoms with E-state index in [1.54, 1.807) is 12.1 Å². The van der Waals surface area contributed by atoms with E-state index < -0.39 is 5.91 Å². The Morgan fingerprint density at radius 2 is 1.69 bits per heavy atom. The number of methoxy groups -OCH3 is 1. The molecular weight excluding hydrogens is 484 g/mol. The number of aryl methyl sites for hydroxylation is 3. The van der Waals surface area contributed by atoms with Gasteiger partial charge in [0.1, 0.15) is 16.4 Å².